The SMILES string of the molecule is NCC1CCCN(C(=O)c2cc3ccccc3oc2=O)C1. The number of hydrogen-bond acceptors (Lipinski definition) is 4. The molecule has 5 nitrogen and oxygen atoms in total. The lowest BCUT2D eigenvalue weighted by Gasteiger charge is -2.31. The highest BCUT2D eigenvalue weighted by Gasteiger charge is 2.26. The third-order valence-electron chi connectivity index (χ3n) is 4.01. The Morgan fingerprint density at radius 1 is 1.38 bits per heavy atom. The number of piperidine rings is 1. The number of carbonyl (C=O) groups excluding carboxylic acids is 1. The zero-order chi connectivity index (χ0) is 14.8. The summed E-state index contributed by atoms with van der Waals surface area (Å²) in [5, 5.41) is 0.757. The lowest BCUT2D eigenvalue weighted by Crippen LogP contribution is -2.43. The first-order valence-corrected chi connectivity index (χ1v) is 7.21. The molecule has 0 spiro atoms. The van der Waals surface area contributed by atoms with E-state index in [0.29, 0.717) is 31.1 Å². The quantitative estimate of drug-likeness (QED) is 0.851. The van der Waals surface area contributed by atoms with Gasteiger partial charge in [-0.1, -0.05) is 18.2 Å². The minimum atomic E-state index is -0.575. The summed E-state index contributed by atoms with van der Waals surface area (Å²) in [4.78, 5) is 26.3. The van der Waals surface area contributed by atoms with E-state index in [1.54, 1.807) is 23.1 Å². The van der Waals surface area contributed by atoms with Gasteiger partial charge < -0.3 is 15.1 Å². The van der Waals surface area contributed by atoms with Crippen LogP contribution in [0.25, 0.3) is 11.0 Å². The van der Waals surface area contributed by atoms with Crippen molar-refractivity contribution < 1.29 is 9.21 Å². The first kappa shape index (κ1) is 13.8. The number of nitrogens with two attached hydrogens (primary N) is 1. The highest BCUT2D eigenvalue weighted by Crippen LogP contribution is 2.18. The van der Waals surface area contributed by atoms with Crippen LogP contribution in [0.3, 0.4) is 0 Å². The van der Waals surface area contributed by atoms with Crippen molar-refractivity contribution in [3.05, 3.63) is 46.3 Å². The number of rotatable bonds is 2. The second kappa shape index (κ2) is 5.69. The number of hydrogen-bond donors (Lipinski definition) is 1. The van der Waals surface area contributed by atoms with Crippen LogP contribution in [-0.4, -0.2) is 30.4 Å². The first-order valence-electron chi connectivity index (χ1n) is 7.21. The summed E-state index contributed by atoms with van der Waals surface area (Å²) in [6, 6.07) is 8.81. The maximum absolute atomic E-state index is 12.6. The maximum Gasteiger partial charge on any atom is 0.349 e. The molecular formula is C16H18N2O3. The van der Waals surface area contributed by atoms with Crippen LogP contribution >= 0.6 is 0 Å². The molecule has 110 valence electrons. The molecule has 0 aliphatic carbocycles. The molecule has 3 rings (SSSR count). The Bertz CT molecular complexity index is 723. The van der Waals surface area contributed by atoms with Gasteiger partial charge in [0.05, 0.1) is 0 Å². The van der Waals surface area contributed by atoms with E-state index >= 15 is 0 Å². The van der Waals surface area contributed by atoms with Crippen molar-refractivity contribution in [2.75, 3.05) is 19.6 Å². The van der Waals surface area contributed by atoms with Crippen molar-refractivity contribution >= 4 is 16.9 Å². The molecule has 1 aromatic carbocycles. The molecular weight excluding hydrogens is 268 g/mol. The number of likely N-dealkylation sites (tertiary alicyclic amines) is 1. The summed E-state index contributed by atoms with van der Waals surface area (Å²) in [6.07, 6.45) is 1.96. The van der Waals surface area contributed by atoms with E-state index in [-0.39, 0.29) is 11.5 Å². The number of nitrogens with zero attached hydrogens (tertiary/aromatic N) is 1. The van der Waals surface area contributed by atoms with Crippen molar-refractivity contribution in [1.29, 1.82) is 0 Å². The standard InChI is InChI=1S/C16H18N2O3/c17-9-11-4-3-7-18(10-11)15(19)13-8-12-5-1-2-6-14(12)21-16(13)20/h1-2,5-6,8,11H,3-4,7,9-10,17H2. The normalized spacial score (nSPS) is 18.9. The Morgan fingerprint density at radius 3 is 3.00 bits per heavy atom. The van der Waals surface area contributed by atoms with Crippen LogP contribution in [-0.2, 0) is 0 Å². The van der Waals surface area contributed by atoms with Crippen molar-refractivity contribution in [3.63, 3.8) is 0 Å². The van der Waals surface area contributed by atoms with Crippen molar-refractivity contribution in [2.45, 2.75) is 12.8 Å². The second-order valence-electron chi connectivity index (χ2n) is 5.48. The summed E-state index contributed by atoms with van der Waals surface area (Å²) in [5.41, 5.74) is 5.72. The molecule has 0 saturated carbocycles. The fourth-order valence-electron chi connectivity index (χ4n) is 2.82. The average Bonchev–Trinajstić information content (AvgIpc) is 2.53. The number of amides is 1. The van der Waals surface area contributed by atoms with Crippen LogP contribution in [0.5, 0.6) is 0 Å². The molecule has 0 bridgehead atoms. The van der Waals surface area contributed by atoms with Crippen LogP contribution in [0.4, 0.5) is 0 Å². The van der Waals surface area contributed by atoms with Gasteiger partial charge in [0.2, 0.25) is 0 Å². The molecule has 2 heterocycles. The molecule has 21 heavy (non-hydrogen) atoms. The highest BCUT2D eigenvalue weighted by atomic mass is 16.4. The van der Waals surface area contributed by atoms with E-state index in [2.05, 4.69) is 0 Å². The summed E-state index contributed by atoms with van der Waals surface area (Å²) in [5.74, 6) is 0.0582. The topological polar surface area (TPSA) is 76.5 Å². The lowest BCUT2D eigenvalue weighted by molar-refractivity contribution is 0.0674. The molecule has 1 aromatic heterocycles. The third kappa shape index (κ3) is 2.69. The van der Waals surface area contributed by atoms with E-state index in [0.717, 1.165) is 18.2 Å². The van der Waals surface area contributed by atoms with Gasteiger partial charge in [-0.25, -0.2) is 4.79 Å². The molecule has 5 heteroatoms. The minimum Gasteiger partial charge on any atom is -0.422 e. The zero-order valence-corrected chi connectivity index (χ0v) is 11.7. The highest BCUT2D eigenvalue weighted by molar-refractivity contribution is 5.96. The van der Waals surface area contributed by atoms with Crippen LogP contribution in [0, 0.1) is 5.92 Å². The Balaban J connectivity index is 1.94. The van der Waals surface area contributed by atoms with Crippen molar-refractivity contribution in [2.24, 2.45) is 11.7 Å². The first-order chi connectivity index (χ1) is 10.2. The molecule has 2 aromatic rings. The zero-order valence-electron chi connectivity index (χ0n) is 11.7. The van der Waals surface area contributed by atoms with Gasteiger partial charge in [0, 0.05) is 18.5 Å². The van der Waals surface area contributed by atoms with Crippen molar-refractivity contribution in [3.8, 4) is 0 Å². The molecule has 0 radical (unpaired) electrons. The van der Waals surface area contributed by atoms with Gasteiger partial charge >= 0.3 is 5.63 Å². The molecule has 1 aliphatic rings. The number of fused-ring (bicyclic) bond motifs is 1. The van der Waals surface area contributed by atoms with E-state index < -0.39 is 5.63 Å². The molecule has 1 saturated heterocycles. The Hall–Kier alpha value is -2.14. The molecule has 1 atom stereocenters. The number of carbonyl (C=O) groups is 1. The van der Waals surface area contributed by atoms with Gasteiger partial charge in [0.1, 0.15) is 11.1 Å². The predicted octanol–water partition coefficient (Wildman–Crippen LogP) is 1.60. The summed E-state index contributed by atoms with van der Waals surface area (Å²) in [6.45, 7) is 1.85. The summed E-state index contributed by atoms with van der Waals surface area (Å²) >= 11 is 0. The Kier molecular flexibility index (Phi) is 3.75. The smallest absolute Gasteiger partial charge is 0.349 e. The predicted molar refractivity (Wildman–Crippen MR) is 80.2 cm³/mol. The van der Waals surface area contributed by atoms with E-state index in [4.69, 9.17) is 10.2 Å². The lowest BCUT2D eigenvalue weighted by atomic mass is 9.98. The fraction of sp³-hybridized carbons (Fsp3) is 0.375. The van der Waals surface area contributed by atoms with Crippen LogP contribution in [0.2, 0.25) is 0 Å². The third-order valence-corrected chi connectivity index (χ3v) is 4.01. The molecule has 1 unspecified atom stereocenters. The Morgan fingerprint density at radius 2 is 2.19 bits per heavy atom. The number of para-hydroxylation sites is 1. The van der Waals surface area contributed by atoms with Crippen LogP contribution in [0.1, 0.15) is 23.2 Å². The van der Waals surface area contributed by atoms with Gasteiger partial charge in [-0.05, 0) is 37.4 Å². The van der Waals surface area contributed by atoms with Gasteiger partial charge in [-0.15, -0.1) is 0 Å². The molecule has 1 fully saturated rings. The van der Waals surface area contributed by atoms with E-state index in [9.17, 15) is 9.59 Å². The minimum absolute atomic E-state index is 0.103. The second-order valence-corrected chi connectivity index (χ2v) is 5.48. The van der Waals surface area contributed by atoms with Crippen LogP contribution < -0.4 is 11.4 Å². The molecule has 1 amide bonds. The molecule has 1 aliphatic heterocycles. The summed E-state index contributed by atoms with van der Waals surface area (Å²) < 4.78 is 5.23. The largest absolute Gasteiger partial charge is 0.422 e. The fourth-order valence-corrected chi connectivity index (χ4v) is 2.82. The van der Waals surface area contributed by atoms with Gasteiger partial charge in [-0.2, -0.15) is 0 Å². The average molecular weight is 286 g/mol. The molecule has 2 N–H and O–H groups in total. The van der Waals surface area contributed by atoms with E-state index in [1.807, 2.05) is 12.1 Å². The summed E-state index contributed by atoms with van der Waals surface area (Å²) in [7, 11) is 0. The van der Waals surface area contributed by atoms with Crippen molar-refractivity contribution in [1.82, 2.24) is 4.90 Å². The van der Waals surface area contributed by atoms with Crippen LogP contribution in [0.15, 0.2) is 39.5 Å². The van der Waals surface area contributed by atoms with Gasteiger partial charge in [0.15, 0.2) is 0 Å². The maximum atomic E-state index is 12.6. The Labute approximate surface area is 122 Å². The van der Waals surface area contributed by atoms with E-state index in [1.165, 1.54) is 0 Å². The monoisotopic (exact) mass is 286 g/mol. The number of benzene rings is 1. The van der Waals surface area contributed by atoms with Gasteiger partial charge in [-0.3, -0.25) is 4.79 Å². The van der Waals surface area contributed by atoms with Gasteiger partial charge in [0.25, 0.3) is 5.91 Å².